The normalized spacial score (nSPS) is 11.0. The van der Waals surface area contributed by atoms with Gasteiger partial charge < -0.3 is 19.7 Å². The molecule has 3 aromatic rings. The topological polar surface area (TPSA) is 67.9 Å². The predicted molar refractivity (Wildman–Crippen MR) is 137 cm³/mol. The van der Waals surface area contributed by atoms with Crippen LogP contribution in [0.25, 0.3) is 0 Å². The lowest BCUT2D eigenvalue weighted by Gasteiger charge is -2.24. The Hall–Kier alpha value is -3.87. The summed E-state index contributed by atoms with van der Waals surface area (Å²) in [7, 11) is 0. The number of halogens is 1. The lowest BCUT2D eigenvalue weighted by molar-refractivity contribution is 0.0525. The van der Waals surface area contributed by atoms with Crippen LogP contribution >= 0.6 is 0 Å². The number of carbonyl (C=O) groups is 2. The van der Waals surface area contributed by atoms with E-state index in [1.54, 1.807) is 56.0 Å². The molecule has 0 spiro atoms. The van der Waals surface area contributed by atoms with Gasteiger partial charge in [-0.15, -0.1) is 0 Å². The number of ether oxygens (including phenoxy) is 2. The van der Waals surface area contributed by atoms with E-state index >= 15 is 0 Å². The first kappa shape index (κ1) is 26.7. The molecule has 190 valence electrons. The van der Waals surface area contributed by atoms with Crippen molar-refractivity contribution in [3.63, 3.8) is 0 Å². The van der Waals surface area contributed by atoms with Gasteiger partial charge in [0.1, 0.15) is 23.8 Å². The Balaban J connectivity index is 1.71. The van der Waals surface area contributed by atoms with Gasteiger partial charge in [0.05, 0.1) is 5.56 Å². The molecule has 0 heterocycles. The molecule has 0 aliphatic carbocycles. The Kier molecular flexibility index (Phi) is 9.45. The molecule has 0 aromatic heterocycles. The maximum absolute atomic E-state index is 13.6. The van der Waals surface area contributed by atoms with Crippen LogP contribution in [-0.4, -0.2) is 35.6 Å². The Bertz CT molecular complexity index is 1130. The van der Waals surface area contributed by atoms with Gasteiger partial charge in [0.2, 0.25) is 0 Å². The third-order valence-corrected chi connectivity index (χ3v) is 5.20. The van der Waals surface area contributed by atoms with Crippen LogP contribution in [0.2, 0.25) is 0 Å². The molecule has 3 rings (SSSR count). The molecule has 0 aliphatic heterocycles. The third-order valence-electron chi connectivity index (χ3n) is 5.20. The summed E-state index contributed by atoms with van der Waals surface area (Å²) in [6.07, 6.45) is 0.0118. The van der Waals surface area contributed by atoms with Crippen molar-refractivity contribution in [3.8, 4) is 5.75 Å². The largest absolute Gasteiger partial charge is 0.488 e. The summed E-state index contributed by atoms with van der Waals surface area (Å²) in [4.78, 5) is 27.2. The van der Waals surface area contributed by atoms with Crippen molar-refractivity contribution in [1.29, 1.82) is 0 Å². The van der Waals surface area contributed by atoms with Crippen molar-refractivity contribution in [2.24, 2.45) is 0 Å². The lowest BCUT2D eigenvalue weighted by atomic mass is 10.1. The number of para-hydroxylation sites is 1. The minimum absolute atomic E-state index is 0.208. The fraction of sp³-hybridized carbons (Fsp3) is 0.310. The quantitative estimate of drug-likeness (QED) is 0.355. The summed E-state index contributed by atoms with van der Waals surface area (Å²) >= 11 is 0. The molecule has 0 unspecified atom stereocenters. The monoisotopic (exact) mass is 492 g/mol. The van der Waals surface area contributed by atoms with Crippen molar-refractivity contribution in [3.05, 3.63) is 101 Å². The molecule has 6 nitrogen and oxygen atoms in total. The molecular formula is C29H33FN2O4. The van der Waals surface area contributed by atoms with Crippen LogP contribution in [0.4, 0.5) is 9.18 Å². The highest BCUT2D eigenvalue weighted by Crippen LogP contribution is 2.22. The number of benzene rings is 3. The Morgan fingerprint density at radius 2 is 1.56 bits per heavy atom. The van der Waals surface area contributed by atoms with Crippen LogP contribution in [0.1, 0.15) is 48.7 Å². The Labute approximate surface area is 212 Å². The smallest absolute Gasteiger partial charge is 0.407 e. The molecule has 3 aromatic carbocycles. The number of hydrogen-bond acceptors (Lipinski definition) is 4. The van der Waals surface area contributed by atoms with Gasteiger partial charge in [-0.05, 0) is 62.6 Å². The average molecular weight is 493 g/mol. The van der Waals surface area contributed by atoms with Gasteiger partial charge >= 0.3 is 6.09 Å². The summed E-state index contributed by atoms with van der Waals surface area (Å²) in [5.74, 6) is -0.0551. The van der Waals surface area contributed by atoms with Crippen LogP contribution in [0, 0.1) is 5.82 Å². The average Bonchev–Trinajstić information content (AvgIpc) is 2.85. The SMILES string of the molecule is CC(C)(C)OC(=O)NCCCN(Cc1ccc(F)cc1)C(=O)c1ccccc1OCc1ccccc1. The highest BCUT2D eigenvalue weighted by atomic mass is 19.1. The third kappa shape index (κ3) is 8.73. The van der Waals surface area contributed by atoms with Gasteiger partial charge in [-0.1, -0.05) is 54.6 Å². The van der Waals surface area contributed by atoms with Crippen LogP contribution < -0.4 is 10.1 Å². The zero-order valence-corrected chi connectivity index (χ0v) is 21.0. The first-order chi connectivity index (χ1) is 17.2. The van der Waals surface area contributed by atoms with Crippen molar-refractivity contribution in [2.75, 3.05) is 13.1 Å². The molecule has 7 heteroatoms. The number of amides is 2. The van der Waals surface area contributed by atoms with Gasteiger partial charge in [0, 0.05) is 19.6 Å². The molecule has 2 amide bonds. The van der Waals surface area contributed by atoms with Crippen molar-refractivity contribution < 1.29 is 23.5 Å². The molecule has 0 aliphatic rings. The van der Waals surface area contributed by atoms with E-state index in [4.69, 9.17) is 9.47 Å². The zero-order chi connectivity index (χ0) is 26.0. The van der Waals surface area contributed by atoms with Crippen molar-refractivity contribution in [1.82, 2.24) is 10.2 Å². The second-order valence-electron chi connectivity index (χ2n) is 9.41. The van der Waals surface area contributed by atoms with Crippen LogP contribution in [0.3, 0.4) is 0 Å². The summed E-state index contributed by atoms with van der Waals surface area (Å²) in [6.45, 7) is 6.74. The first-order valence-corrected chi connectivity index (χ1v) is 12.0. The summed E-state index contributed by atoms with van der Waals surface area (Å²) < 4.78 is 24.7. The maximum Gasteiger partial charge on any atom is 0.407 e. The molecular weight excluding hydrogens is 459 g/mol. The van der Waals surface area contributed by atoms with E-state index in [9.17, 15) is 14.0 Å². The Morgan fingerprint density at radius 1 is 0.889 bits per heavy atom. The predicted octanol–water partition coefficient (Wildman–Crippen LogP) is 5.96. The summed E-state index contributed by atoms with van der Waals surface area (Å²) in [6, 6.07) is 22.9. The summed E-state index contributed by atoms with van der Waals surface area (Å²) in [5, 5.41) is 2.72. The number of nitrogens with one attached hydrogen (secondary N) is 1. The zero-order valence-electron chi connectivity index (χ0n) is 21.0. The van der Waals surface area contributed by atoms with Crippen LogP contribution in [-0.2, 0) is 17.9 Å². The van der Waals surface area contributed by atoms with E-state index < -0.39 is 11.7 Å². The van der Waals surface area contributed by atoms with Crippen molar-refractivity contribution in [2.45, 2.75) is 45.9 Å². The van der Waals surface area contributed by atoms with E-state index in [1.807, 2.05) is 36.4 Å². The summed E-state index contributed by atoms with van der Waals surface area (Å²) in [5.41, 5.74) is 1.65. The molecule has 0 bridgehead atoms. The van der Waals surface area contributed by atoms with Gasteiger partial charge in [-0.25, -0.2) is 9.18 Å². The van der Waals surface area contributed by atoms with Crippen LogP contribution in [0.5, 0.6) is 5.75 Å². The van der Waals surface area contributed by atoms with E-state index in [1.165, 1.54) is 12.1 Å². The van der Waals surface area contributed by atoms with E-state index in [-0.39, 0.29) is 11.7 Å². The lowest BCUT2D eigenvalue weighted by Crippen LogP contribution is -2.36. The minimum Gasteiger partial charge on any atom is -0.488 e. The molecule has 0 saturated carbocycles. The van der Waals surface area contributed by atoms with E-state index in [0.717, 1.165) is 11.1 Å². The van der Waals surface area contributed by atoms with Gasteiger partial charge in [-0.3, -0.25) is 4.79 Å². The highest BCUT2D eigenvalue weighted by Gasteiger charge is 2.21. The van der Waals surface area contributed by atoms with Gasteiger partial charge in [0.25, 0.3) is 5.91 Å². The van der Waals surface area contributed by atoms with Gasteiger partial charge in [-0.2, -0.15) is 0 Å². The molecule has 36 heavy (non-hydrogen) atoms. The highest BCUT2D eigenvalue weighted by molar-refractivity contribution is 5.97. The fourth-order valence-electron chi connectivity index (χ4n) is 3.51. The first-order valence-electron chi connectivity index (χ1n) is 12.0. The standard InChI is InChI=1S/C29H33FN2O4/c1-29(2,3)36-28(34)31-18-9-19-32(20-22-14-16-24(30)17-15-22)27(33)25-12-7-8-13-26(25)35-21-23-10-5-4-6-11-23/h4-8,10-17H,9,18-21H2,1-3H3,(H,31,34). The van der Waals surface area contributed by atoms with Crippen molar-refractivity contribution >= 4 is 12.0 Å². The number of rotatable bonds is 10. The number of carbonyl (C=O) groups excluding carboxylic acids is 2. The number of nitrogens with zero attached hydrogens (tertiary/aromatic N) is 1. The fourth-order valence-corrected chi connectivity index (χ4v) is 3.51. The van der Waals surface area contributed by atoms with E-state index in [0.29, 0.717) is 44.0 Å². The minimum atomic E-state index is -0.585. The molecule has 1 N–H and O–H groups in total. The van der Waals surface area contributed by atoms with Gasteiger partial charge in [0.15, 0.2) is 0 Å². The number of alkyl carbamates (subject to hydrolysis) is 1. The molecule has 0 atom stereocenters. The second-order valence-corrected chi connectivity index (χ2v) is 9.41. The Morgan fingerprint density at radius 3 is 2.25 bits per heavy atom. The number of hydrogen-bond donors (Lipinski definition) is 1. The van der Waals surface area contributed by atoms with Crippen LogP contribution in [0.15, 0.2) is 78.9 Å². The molecule has 0 fully saturated rings. The maximum atomic E-state index is 13.6. The second kappa shape index (κ2) is 12.7. The molecule has 0 saturated heterocycles. The molecule has 0 radical (unpaired) electrons. The van der Waals surface area contributed by atoms with E-state index in [2.05, 4.69) is 5.32 Å².